The number of rotatable bonds is 8. The van der Waals surface area contributed by atoms with Crippen molar-refractivity contribution in [2.75, 3.05) is 7.05 Å². The molecule has 0 saturated carbocycles. The molecule has 0 saturated heterocycles. The van der Waals surface area contributed by atoms with Gasteiger partial charge in [0.15, 0.2) is 0 Å². The molecule has 0 aromatic carbocycles. The quantitative estimate of drug-likeness (QED) is 0.635. The van der Waals surface area contributed by atoms with E-state index >= 15 is 0 Å². The van der Waals surface area contributed by atoms with Crippen molar-refractivity contribution in [2.24, 2.45) is 5.92 Å². The normalized spacial score (nSPS) is 14.4. The molecule has 4 heteroatoms. The molecule has 2 nitrogen and oxygen atoms in total. The van der Waals surface area contributed by atoms with Crippen LogP contribution in [0.15, 0.2) is 21.2 Å². The molecule has 19 heavy (non-hydrogen) atoms. The van der Waals surface area contributed by atoms with Crippen molar-refractivity contribution in [3.05, 3.63) is 26.9 Å². The SMILES string of the molecule is CCCCC(CC)CC(NC)c1ncc(Br)cc1Br. The highest BCUT2D eigenvalue weighted by atomic mass is 79.9. The van der Waals surface area contributed by atoms with Gasteiger partial charge in [0.25, 0.3) is 0 Å². The first-order valence-electron chi connectivity index (χ1n) is 7.10. The molecule has 0 fully saturated rings. The van der Waals surface area contributed by atoms with Crippen LogP contribution in [0.25, 0.3) is 0 Å². The number of unbranched alkanes of at least 4 members (excludes halogenated alkanes) is 1. The molecule has 0 spiro atoms. The number of nitrogens with zero attached hydrogens (tertiary/aromatic N) is 1. The Balaban J connectivity index is 2.76. The number of nitrogens with one attached hydrogen (secondary N) is 1. The minimum atomic E-state index is 0.323. The highest BCUT2D eigenvalue weighted by Crippen LogP contribution is 2.30. The Morgan fingerprint density at radius 2 is 2.05 bits per heavy atom. The predicted molar refractivity (Wildman–Crippen MR) is 89.4 cm³/mol. The smallest absolute Gasteiger partial charge is 0.0715 e. The fourth-order valence-electron chi connectivity index (χ4n) is 2.36. The highest BCUT2D eigenvalue weighted by molar-refractivity contribution is 9.11. The van der Waals surface area contributed by atoms with Crippen LogP contribution in [0.4, 0.5) is 0 Å². The first kappa shape index (κ1) is 17.1. The zero-order valence-corrected chi connectivity index (χ0v) is 15.2. The fraction of sp³-hybridized carbons (Fsp3) is 0.667. The lowest BCUT2D eigenvalue weighted by Crippen LogP contribution is -2.21. The monoisotopic (exact) mass is 390 g/mol. The molecule has 0 aliphatic heterocycles. The van der Waals surface area contributed by atoms with E-state index in [1.165, 1.54) is 25.7 Å². The van der Waals surface area contributed by atoms with Gasteiger partial charge in [0.2, 0.25) is 0 Å². The van der Waals surface area contributed by atoms with Crippen molar-refractivity contribution >= 4 is 31.9 Å². The van der Waals surface area contributed by atoms with Crippen LogP contribution in [0.2, 0.25) is 0 Å². The Morgan fingerprint density at radius 1 is 1.32 bits per heavy atom. The summed E-state index contributed by atoms with van der Waals surface area (Å²) in [6.45, 7) is 4.55. The molecule has 0 aliphatic carbocycles. The van der Waals surface area contributed by atoms with Crippen LogP contribution in [0.1, 0.15) is 57.7 Å². The molecule has 0 amide bonds. The van der Waals surface area contributed by atoms with Gasteiger partial charge in [0.1, 0.15) is 0 Å². The van der Waals surface area contributed by atoms with Crippen LogP contribution in [0.3, 0.4) is 0 Å². The summed E-state index contributed by atoms with van der Waals surface area (Å²) in [5.41, 5.74) is 1.11. The van der Waals surface area contributed by atoms with E-state index in [-0.39, 0.29) is 0 Å². The molecular formula is C15H24Br2N2. The zero-order valence-electron chi connectivity index (χ0n) is 12.0. The van der Waals surface area contributed by atoms with Crippen molar-refractivity contribution in [3.8, 4) is 0 Å². The molecule has 0 radical (unpaired) electrons. The molecule has 1 N–H and O–H groups in total. The Kier molecular flexibility index (Phi) is 8.19. The Hall–Kier alpha value is 0.0700. The van der Waals surface area contributed by atoms with Crippen LogP contribution in [-0.4, -0.2) is 12.0 Å². The van der Waals surface area contributed by atoms with Crippen LogP contribution >= 0.6 is 31.9 Å². The van der Waals surface area contributed by atoms with Gasteiger partial charge in [0.05, 0.1) is 11.7 Å². The Labute approximate surface area is 134 Å². The molecular weight excluding hydrogens is 368 g/mol. The van der Waals surface area contributed by atoms with Crippen molar-refractivity contribution < 1.29 is 0 Å². The largest absolute Gasteiger partial charge is 0.312 e. The summed E-state index contributed by atoms with van der Waals surface area (Å²) in [5.74, 6) is 0.773. The lowest BCUT2D eigenvalue weighted by molar-refractivity contribution is 0.360. The van der Waals surface area contributed by atoms with Crippen LogP contribution < -0.4 is 5.32 Å². The topological polar surface area (TPSA) is 24.9 Å². The van der Waals surface area contributed by atoms with Crippen LogP contribution in [0.5, 0.6) is 0 Å². The second kappa shape index (κ2) is 9.09. The van der Waals surface area contributed by atoms with Crippen molar-refractivity contribution in [1.29, 1.82) is 0 Å². The second-order valence-corrected chi connectivity index (χ2v) is 6.78. The lowest BCUT2D eigenvalue weighted by Gasteiger charge is -2.23. The highest BCUT2D eigenvalue weighted by Gasteiger charge is 2.18. The Morgan fingerprint density at radius 3 is 2.58 bits per heavy atom. The molecule has 2 atom stereocenters. The number of hydrogen-bond donors (Lipinski definition) is 1. The third kappa shape index (κ3) is 5.52. The maximum absolute atomic E-state index is 4.56. The lowest BCUT2D eigenvalue weighted by atomic mass is 9.91. The van der Waals surface area contributed by atoms with Crippen molar-refractivity contribution in [1.82, 2.24) is 10.3 Å². The van der Waals surface area contributed by atoms with Crippen molar-refractivity contribution in [3.63, 3.8) is 0 Å². The average molecular weight is 392 g/mol. The number of halogens is 2. The van der Waals surface area contributed by atoms with E-state index in [0.717, 1.165) is 27.0 Å². The third-order valence-electron chi connectivity index (χ3n) is 3.63. The summed E-state index contributed by atoms with van der Waals surface area (Å²) in [4.78, 5) is 4.56. The minimum absolute atomic E-state index is 0.323. The number of hydrogen-bond acceptors (Lipinski definition) is 2. The maximum Gasteiger partial charge on any atom is 0.0715 e. The van der Waals surface area contributed by atoms with Crippen molar-refractivity contribution in [2.45, 2.75) is 52.0 Å². The fourth-order valence-corrected chi connectivity index (χ4v) is 3.63. The van der Waals surface area contributed by atoms with Gasteiger partial charge < -0.3 is 5.32 Å². The molecule has 1 aromatic rings. The van der Waals surface area contributed by atoms with E-state index in [1.54, 1.807) is 0 Å². The van der Waals surface area contributed by atoms with Gasteiger partial charge in [0, 0.05) is 15.1 Å². The summed E-state index contributed by atoms with van der Waals surface area (Å²) in [6, 6.07) is 2.39. The van der Waals surface area contributed by atoms with E-state index < -0.39 is 0 Å². The summed E-state index contributed by atoms with van der Waals surface area (Å²) in [7, 11) is 2.02. The molecule has 0 aliphatic rings. The zero-order chi connectivity index (χ0) is 14.3. The van der Waals surface area contributed by atoms with Gasteiger partial charge in [-0.15, -0.1) is 0 Å². The maximum atomic E-state index is 4.56. The minimum Gasteiger partial charge on any atom is -0.312 e. The first-order valence-corrected chi connectivity index (χ1v) is 8.69. The number of pyridine rings is 1. The molecule has 2 unspecified atom stereocenters. The molecule has 0 bridgehead atoms. The molecule has 1 aromatic heterocycles. The van der Waals surface area contributed by atoms with E-state index in [1.807, 2.05) is 13.2 Å². The van der Waals surface area contributed by atoms with Crippen LogP contribution in [0, 0.1) is 5.92 Å². The first-order chi connectivity index (χ1) is 9.12. The van der Waals surface area contributed by atoms with E-state index in [2.05, 4.69) is 62.1 Å². The van der Waals surface area contributed by atoms with Gasteiger partial charge >= 0.3 is 0 Å². The summed E-state index contributed by atoms with van der Waals surface area (Å²) >= 11 is 7.07. The third-order valence-corrected chi connectivity index (χ3v) is 4.70. The van der Waals surface area contributed by atoms with Gasteiger partial charge in [-0.05, 0) is 57.3 Å². The Bertz CT molecular complexity index is 382. The van der Waals surface area contributed by atoms with E-state index in [4.69, 9.17) is 0 Å². The van der Waals surface area contributed by atoms with E-state index in [9.17, 15) is 0 Å². The summed E-state index contributed by atoms with van der Waals surface area (Å²) in [6.07, 6.45) is 8.19. The summed E-state index contributed by atoms with van der Waals surface area (Å²) in [5, 5.41) is 3.41. The molecule has 108 valence electrons. The van der Waals surface area contributed by atoms with Gasteiger partial charge in [-0.25, -0.2) is 0 Å². The average Bonchev–Trinajstić information content (AvgIpc) is 2.40. The molecule has 1 rings (SSSR count). The second-order valence-electron chi connectivity index (χ2n) is 5.01. The summed E-state index contributed by atoms with van der Waals surface area (Å²) < 4.78 is 2.09. The molecule has 1 heterocycles. The standard InChI is InChI=1S/C15H24Br2N2/c1-4-6-7-11(5-2)8-14(18-3)15-13(17)9-12(16)10-19-15/h9-11,14,18H,4-8H2,1-3H3. The number of aromatic nitrogens is 1. The van der Waals surface area contributed by atoms with Gasteiger partial charge in [-0.2, -0.15) is 0 Å². The predicted octanol–water partition coefficient (Wildman–Crippen LogP) is 5.47. The van der Waals surface area contributed by atoms with Gasteiger partial charge in [-0.1, -0.05) is 39.5 Å². The van der Waals surface area contributed by atoms with Gasteiger partial charge in [-0.3, -0.25) is 4.98 Å². The van der Waals surface area contributed by atoms with E-state index in [0.29, 0.717) is 6.04 Å². The van der Waals surface area contributed by atoms with Crippen LogP contribution in [-0.2, 0) is 0 Å².